The van der Waals surface area contributed by atoms with Crippen molar-refractivity contribution < 1.29 is 9.15 Å². The van der Waals surface area contributed by atoms with Crippen molar-refractivity contribution in [3.8, 4) is 11.5 Å². The highest BCUT2D eigenvalue weighted by Gasteiger charge is 2.18. The summed E-state index contributed by atoms with van der Waals surface area (Å²) in [4.78, 5) is 0. The molecule has 0 aromatic carbocycles. The lowest BCUT2D eigenvalue weighted by Crippen LogP contribution is -2.12. The van der Waals surface area contributed by atoms with Crippen LogP contribution in [0.15, 0.2) is 28.8 Å². The fourth-order valence-electron chi connectivity index (χ4n) is 2.20. The molecule has 0 N–H and O–H groups in total. The van der Waals surface area contributed by atoms with Crippen LogP contribution in [-0.4, -0.2) is 17.8 Å². The molecule has 0 spiro atoms. The van der Waals surface area contributed by atoms with Crippen molar-refractivity contribution in [2.75, 3.05) is 13.2 Å². The molecule has 4 heteroatoms. The van der Waals surface area contributed by atoms with Crippen LogP contribution in [0.3, 0.4) is 0 Å². The third kappa shape index (κ3) is 1.79. The second-order valence-corrected chi connectivity index (χ2v) is 4.61. The van der Waals surface area contributed by atoms with E-state index in [4.69, 9.17) is 21.4 Å². The zero-order valence-electron chi connectivity index (χ0n) is 8.89. The van der Waals surface area contributed by atoms with Gasteiger partial charge in [0.05, 0.1) is 12.3 Å². The summed E-state index contributed by atoms with van der Waals surface area (Å²) in [5.41, 5.74) is 1.08. The standard InChI is InChI=1S/C12H13NO2S/c16-12-6-10-11(15-12)2-1-4-13(10)7-9-3-5-14-8-9/h1-2,4,6,9H,3,5,7-8H2. The lowest BCUT2D eigenvalue weighted by atomic mass is 10.1. The van der Waals surface area contributed by atoms with E-state index < -0.39 is 0 Å². The highest BCUT2D eigenvalue weighted by Crippen LogP contribution is 2.25. The maximum absolute atomic E-state index is 5.44. The highest BCUT2D eigenvalue weighted by molar-refractivity contribution is 7.71. The van der Waals surface area contributed by atoms with Crippen LogP contribution in [-0.2, 0) is 11.3 Å². The summed E-state index contributed by atoms with van der Waals surface area (Å²) in [6.45, 7) is 2.73. The molecule has 1 saturated heterocycles. The predicted molar refractivity (Wildman–Crippen MR) is 63.1 cm³/mol. The molecule has 0 aromatic heterocycles. The monoisotopic (exact) mass is 235 g/mol. The summed E-state index contributed by atoms with van der Waals surface area (Å²) in [5.74, 6) is 1.48. The van der Waals surface area contributed by atoms with E-state index in [-0.39, 0.29) is 0 Å². The summed E-state index contributed by atoms with van der Waals surface area (Å²) in [5, 5.41) is 0. The molecule has 84 valence electrons. The molecule has 3 aliphatic rings. The van der Waals surface area contributed by atoms with Crippen LogP contribution in [0.1, 0.15) is 6.42 Å². The number of pyridine rings is 1. The van der Waals surface area contributed by atoms with Gasteiger partial charge in [-0.1, -0.05) is 0 Å². The van der Waals surface area contributed by atoms with Crippen LogP contribution in [0.5, 0.6) is 0 Å². The Hall–Kier alpha value is -1.13. The van der Waals surface area contributed by atoms with Crippen LogP contribution in [0.4, 0.5) is 0 Å². The van der Waals surface area contributed by atoms with Crippen LogP contribution >= 0.6 is 12.2 Å². The molecule has 1 atom stereocenters. The van der Waals surface area contributed by atoms with Crippen molar-refractivity contribution in [2.24, 2.45) is 5.92 Å². The van der Waals surface area contributed by atoms with Crippen LogP contribution in [0, 0.1) is 10.6 Å². The Bertz CT molecular complexity index is 510. The molecule has 0 aliphatic carbocycles. The molecule has 3 aliphatic heterocycles. The molecule has 3 nitrogen and oxygen atoms in total. The lowest BCUT2D eigenvalue weighted by molar-refractivity contribution is 0.182. The molecular weight excluding hydrogens is 222 g/mol. The SMILES string of the molecule is S=c1cc2n(CC3CCOC3)cccc-2o1. The van der Waals surface area contributed by atoms with Gasteiger partial charge in [0.25, 0.3) is 0 Å². The van der Waals surface area contributed by atoms with E-state index in [1.807, 2.05) is 18.2 Å². The van der Waals surface area contributed by atoms with E-state index in [1.54, 1.807) is 0 Å². The zero-order valence-corrected chi connectivity index (χ0v) is 9.70. The van der Waals surface area contributed by atoms with Gasteiger partial charge in [0.15, 0.2) is 10.5 Å². The first-order valence-corrected chi connectivity index (χ1v) is 5.90. The van der Waals surface area contributed by atoms with Crippen LogP contribution < -0.4 is 0 Å². The minimum absolute atomic E-state index is 0.553. The summed E-state index contributed by atoms with van der Waals surface area (Å²) in [6.07, 6.45) is 3.22. The van der Waals surface area contributed by atoms with Crippen LogP contribution in [0.25, 0.3) is 11.5 Å². The summed E-state index contributed by atoms with van der Waals surface area (Å²) in [7, 11) is 0. The van der Waals surface area contributed by atoms with E-state index in [0.29, 0.717) is 10.6 Å². The van der Waals surface area contributed by atoms with Crippen molar-refractivity contribution in [1.29, 1.82) is 0 Å². The van der Waals surface area contributed by atoms with Gasteiger partial charge in [0, 0.05) is 31.3 Å². The number of furan rings is 1. The Morgan fingerprint density at radius 3 is 3.25 bits per heavy atom. The smallest absolute Gasteiger partial charge is 0.193 e. The number of rotatable bonds is 2. The summed E-state index contributed by atoms with van der Waals surface area (Å²) < 4.78 is 13.6. The maximum Gasteiger partial charge on any atom is 0.193 e. The summed E-state index contributed by atoms with van der Waals surface area (Å²) >= 11 is 5.05. The highest BCUT2D eigenvalue weighted by atomic mass is 32.1. The van der Waals surface area contributed by atoms with E-state index in [1.165, 1.54) is 0 Å². The van der Waals surface area contributed by atoms with Crippen LogP contribution in [0.2, 0.25) is 0 Å². The van der Waals surface area contributed by atoms with Gasteiger partial charge >= 0.3 is 0 Å². The van der Waals surface area contributed by atoms with E-state index >= 15 is 0 Å². The van der Waals surface area contributed by atoms with Gasteiger partial charge in [-0.15, -0.1) is 0 Å². The van der Waals surface area contributed by atoms with Gasteiger partial charge in [-0.2, -0.15) is 0 Å². The second kappa shape index (κ2) is 4.03. The Balaban J connectivity index is 1.94. The van der Waals surface area contributed by atoms with Crippen molar-refractivity contribution in [2.45, 2.75) is 13.0 Å². The number of ether oxygens (including phenoxy) is 1. The van der Waals surface area contributed by atoms with Gasteiger partial charge in [-0.3, -0.25) is 0 Å². The minimum atomic E-state index is 0.553. The van der Waals surface area contributed by atoms with Gasteiger partial charge in [0.2, 0.25) is 0 Å². The van der Waals surface area contributed by atoms with Crippen molar-refractivity contribution >= 4 is 12.2 Å². The Morgan fingerprint density at radius 1 is 1.50 bits per heavy atom. The number of fused-ring (bicyclic) bond motifs is 1. The molecule has 16 heavy (non-hydrogen) atoms. The third-order valence-electron chi connectivity index (χ3n) is 3.02. The topological polar surface area (TPSA) is 27.3 Å². The number of nitrogens with zero attached hydrogens (tertiary/aromatic N) is 1. The molecule has 0 aromatic rings. The molecule has 0 amide bonds. The average Bonchev–Trinajstić information content (AvgIpc) is 2.86. The van der Waals surface area contributed by atoms with Crippen molar-refractivity contribution in [3.63, 3.8) is 0 Å². The first kappa shape index (κ1) is 10.1. The van der Waals surface area contributed by atoms with Gasteiger partial charge in [-0.25, -0.2) is 0 Å². The largest absolute Gasteiger partial charge is 0.444 e. The third-order valence-corrected chi connectivity index (χ3v) is 3.22. The molecule has 1 fully saturated rings. The van der Waals surface area contributed by atoms with E-state index in [2.05, 4.69) is 10.8 Å². The molecule has 0 radical (unpaired) electrons. The molecule has 3 rings (SSSR count). The minimum Gasteiger partial charge on any atom is -0.444 e. The van der Waals surface area contributed by atoms with Crippen molar-refractivity contribution in [1.82, 2.24) is 4.57 Å². The van der Waals surface area contributed by atoms with Gasteiger partial charge in [-0.05, 0) is 30.8 Å². The maximum atomic E-state index is 5.44. The van der Waals surface area contributed by atoms with E-state index in [9.17, 15) is 0 Å². The normalized spacial score (nSPS) is 20.6. The Morgan fingerprint density at radius 2 is 2.44 bits per heavy atom. The lowest BCUT2D eigenvalue weighted by Gasteiger charge is -2.14. The predicted octanol–water partition coefficient (Wildman–Crippen LogP) is 2.95. The number of hydrogen-bond donors (Lipinski definition) is 0. The second-order valence-electron chi connectivity index (χ2n) is 4.21. The fraction of sp³-hybridized carbons (Fsp3) is 0.417. The van der Waals surface area contributed by atoms with Gasteiger partial charge < -0.3 is 13.7 Å². The van der Waals surface area contributed by atoms with Crippen molar-refractivity contribution in [3.05, 3.63) is 29.1 Å². The first-order chi connectivity index (χ1) is 7.83. The zero-order chi connectivity index (χ0) is 11.0. The molecule has 0 bridgehead atoms. The molecule has 1 unspecified atom stereocenters. The quantitative estimate of drug-likeness (QED) is 0.749. The van der Waals surface area contributed by atoms with E-state index in [0.717, 1.165) is 37.6 Å². The average molecular weight is 235 g/mol. The Labute approximate surface area is 99.0 Å². The first-order valence-electron chi connectivity index (χ1n) is 5.50. The Kier molecular flexibility index (Phi) is 2.53. The van der Waals surface area contributed by atoms with Gasteiger partial charge in [0.1, 0.15) is 0 Å². The fourth-order valence-corrected chi connectivity index (χ4v) is 2.40. The number of aromatic nitrogens is 1. The molecular formula is C12H13NO2S. The molecule has 3 heterocycles. The molecule has 0 saturated carbocycles. The summed E-state index contributed by atoms with van der Waals surface area (Å²) in [6, 6.07) is 5.86. The number of hydrogen-bond acceptors (Lipinski definition) is 3.